The summed E-state index contributed by atoms with van der Waals surface area (Å²) < 4.78 is 0. The van der Waals surface area contributed by atoms with Crippen molar-refractivity contribution in [3.63, 3.8) is 0 Å². The van der Waals surface area contributed by atoms with Crippen LogP contribution in [0.1, 0.15) is 29.7 Å². The first kappa shape index (κ1) is 15.2. The lowest BCUT2D eigenvalue weighted by Crippen LogP contribution is -2.40. The van der Waals surface area contributed by atoms with E-state index in [1.165, 1.54) is 0 Å². The molecule has 1 aliphatic rings. The molecule has 0 atom stereocenters. The third-order valence-corrected chi connectivity index (χ3v) is 4.24. The van der Waals surface area contributed by atoms with Gasteiger partial charge in [-0.05, 0) is 38.3 Å². The van der Waals surface area contributed by atoms with Crippen LogP contribution in [0.25, 0.3) is 0 Å². The van der Waals surface area contributed by atoms with Gasteiger partial charge in [-0.25, -0.2) is 9.97 Å². The molecule has 0 bridgehead atoms. The number of piperidine rings is 1. The second kappa shape index (κ2) is 6.57. The lowest BCUT2D eigenvalue weighted by molar-refractivity contribution is 0.518. The molecule has 1 aliphatic heterocycles. The van der Waals surface area contributed by atoms with E-state index in [1.54, 1.807) is 12.4 Å². The van der Waals surface area contributed by atoms with Crippen LogP contribution >= 0.6 is 0 Å². The summed E-state index contributed by atoms with van der Waals surface area (Å²) in [6.45, 7) is 5.53. The normalized spacial score (nSPS) is 15.3. The molecule has 0 unspecified atom stereocenters. The second-order valence-electron chi connectivity index (χ2n) is 5.70. The maximum atomic E-state index is 9.36. The fourth-order valence-corrected chi connectivity index (χ4v) is 2.72. The highest BCUT2D eigenvalue weighted by Gasteiger charge is 2.22. The van der Waals surface area contributed by atoms with Crippen LogP contribution in [0.3, 0.4) is 0 Å². The number of aryl methyl sites for hydroxylation is 1. The molecule has 0 aliphatic carbocycles. The Morgan fingerprint density at radius 1 is 1.17 bits per heavy atom. The number of nitriles is 1. The summed E-state index contributed by atoms with van der Waals surface area (Å²) in [6.07, 6.45) is 5.41. The van der Waals surface area contributed by atoms with Crippen molar-refractivity contribution in [2.45, 2.75) is 32.7 Å². The van der Waals surface area contributed by atoms with Crippen LogP contribution in [0.2, 0.25) is 0 Å². The smallest absolute Gasteiger partial charge is 0.225 e. The zero-order chi connectivity index (χ0) is 16.2. The van der Waals surface area contributed by atoms with E-state index >= 15 is 0 Å². The molecule has 118 valence electrons. The predicted molar refractivity (Wildman–Crippen MR) is 87.1 cm³/mol. The first-order valence-electron chi connectivity index (χ1n) is 7.71. The maximum absolute atomic E-state index is 9.36. The number of rotatable bonds is 3. The Morgan fingerprint density at radius 3 is 2.52 bits per heavy atom. The molecule has 0 radical (unpaired) electrons. The number of hydrogen-bond donors (Lipinski definition) is 1. The Labute approximate surface area is 135 Å². The molecule has 0 aromatic carbocycles. The lowest BCUT2D eigenvalue weighted by Gasteiger charge is -2.32. The van der Waals surface area contributed by atoms with Crippen molar-refractivity contribution in [2.24, 2.45) is 0 Å². The molecule has 2 aromatic rings. The average molecular weight is 309 g/mol. The first-order valence-corrected chi connectivity index (χ1v) is 7.71. The van der Waals surface area contributed by atoms with Gasteiger partial charge >= 0.3 is 0 Å². The van der Waals surface area contributed by atoms with Crippen LogP contribution in [0, 0.1) is 25.2 Å². The summed E-state index contributed by atoms with van der Waals surface area (Å²) in [7, 11) is 0. The van der Waals surface area contributed by atoms with E-state index in [-0.39, 0.29) is 6.04 Å². The quantitative estimate of drug-likeness (QED) is 0.925. The Bertz CT molecular complexity index is 715. The number of nitrogens with one attached hydrogen (secondary N) is 1. The zero-order valence-corrected chi connectivity index (χ0v) is 13.3. The van der Waals surface area contributed by atoms with Gasteiger partial charge in [0.25, 0.3) is 0 Å². The minimum absolute atomic E-state index is 0.276. The van der Waals surface area contributed by atoms with Gasteiger partial charge in [0.15, 0.2) is 5.82 Å². The molecular formula is C16H19N7. The minimum atomic E-state index is 0.276. The van der Waals surface area contributed by atoms with Crippen molar-refractivity contribution < 1.29 is 0 Å². The van der Waals surface area contributed by atoms with Gasteiger partial charge in [-0.15, -0.1) is 5.10 Å². The topological polar surface area (TPSA) is 90.6 Å². The van der Waals surface area contributed by atoms with E-state index in [2.05, 4.69) is 36.5 Å². The molecule has 7 heteroatoms. The van der Waals surface area contributed by atoms with Crippen molar-refractivity contribution in [3.05, 3.63) is 35.3 Å². The summed E-state index contributed by atoms with van der Waals surface area (Å²) in [5.74, 6) is 1.36. The van der Waals surface area contributed by atoms with E-state index in [1.807, 2.05) is 19.9 Å². The van der Waals surface area contributed by atoms with Gasteiger partial charge in [0.2, 0.25) is 5.95 Å². The molecule has 1 fully saturated rings. The lowest BCUT2D eigenvalue weighted by atomic mass is 10.0. The number of nitrogens with zero attached hydrogens (tertiary/aromatic N) is 6. The number of hydrogen-bond acceptors (Lipinski definition) is 7. The minimum Gasteiger partial charge on any atom is -0.365 e. The molecule has 0 spiro atoms. The SMILES string of the molecule is Cc1nnc(NC2CCN(c3ncccn3)CC2)c(C#N)c1C. The third kappa shape index (κ3) is 3.21. The van der Waals surface area contributed by atoms with Crippen molar-refractivity contribution >= 4 is 11.8 Å². The van der Waals surface area contributed by atoms with E-state index in [0.29, 0.717) is 11.4 Å². The van der Waals surface area contributed by atoms with Gasteiger partial charge < -0.3 is 10.2 Å². The van der Waals surface area contributed by atoms with Crippen LogP contribution in [-0.4, -0.2) is 39.3 Å². The zero-order valence-electron chi connectivity index (χ0n) is 13.3. The standard InChI is InChI=1S/C16H19N7/c1-11-12(2)21-22-15(14(11)10-17)20-13-4-8-23(9-5-13)16-18-6-3-7-19-16/h3,6-7,13H,4-5,8-9H2,1-2H3,(H,20,22). The fraction of sp³-hybridized carbons (Fsp3) is 0.438. The number of anilines is 2. The van der Waals surface area contributed by atoms with Crippen LogP contribution in [0.4, 0.5) is 11.8 Å². The van der Waals surface area contributed by atoms with Crippen molar-refractivity contribution in [1.82, 2.24) is 20.2 Å². The van der Waals surface area contributed by atoms with Gasteiger partial charge in [0.05, 0.1) is 5.69 Å². The molecule has 23 heavy (non-hydrogen) atoms. The second-order valence-corrected chi connectivity index (χ2v) is 5.70. The summed E-state index contributed by atoms with van der Waals surface area (Å²) in [5, 5.41) is 21.0. The van der Waals surface area contributed by atoms with Crippen molar-refractivity contribution in [1.29, 1.82) is 5.26 Å². The molecule has 0 amide bonds. The van der Waals surface area contributed by atoms with E-state index in [4.69, 9.17) is 0 Å². The van der Waals surface area contributed by atoms with Gasteiger partial charge in [-0.2, -0.15) is 10.4 Å². The van der Waals surface area contributed by atoms with Crippen LogP contribution in [0.5, 0.6) is 0 Å². The maximum Gasteiger partial charge on any atom is 0.225 e. The molecule has 1 N–H and O–H groups in total. The fourth-order valence-electron chi connectivity index (χ4n) is 2.72. The molecule has 0 saturated carbocycles. The highest BCUT2D eigenvalue weighted by atomic mass is 15.3. The molecule has 3 rings (SSSR count). The monoisotopic (exact) mass is 309 g/mol. The summed E-state index contributed by atoms with van der Waals surface area (Å²) in [4.78, 5) is 10.8. The highest BCUT2D eigenvalue weighted by Crippen LogP contribution is 2.22. The largest absolute Gasteiger partial charge is 0.365 e. The molecule has 7 nitrogen and oxygen atoms in total. The molecular weight excluding hydrogens is 290 g/mol. The van der Waals surface area contributed by atoms with E-state index < -0.39 is 0 Å². The highest BCUT2D eigenvalue weighted by molar-refractivity contribution is 5.56. The summed E-state index contributed by atoms with van der Waals surface area (Å²) >= 11 is 0. The van der Waals surface area contributed by atoms with Crippen molar-refractivity contribution in [2.75, 3.05) is 23.3 Å². The Morgan fingerprint density at radius 2 is 1.87 bits per heavy atom. The Balaban J connectivity index is 1.66. The average Bonchev–Trinajstić information content (AvgIpc) is 2.60. The van der Waals surface area contributed by atoms with E-state index in [0.717, 1.165) is 43.1 Å². The van der Waals surface area contributed by atoms with Gasteiger partial charge in [0.1, 0.15) is 11.6 Å². The molecule has 2 aromatic heterocycles. The number of aromatic nitrogens is 4. The third-order valence-electron chi connectivity index (χ3n) is 4.24. The Hall–Kier alpha value is -2.75. The molecule has 1 saturated heterocycles. The first-order chi connectivity index (χ1) is 11.2. The van der Waals surface area contributed by atoms with Crippen LogP contribution in [0.15, 0.2) is 18.5 Å². The van der Waals surface area contributed by atoms with Crippen molar-refractivity contribution in [3.8, 4) is 6.07 Å². The Kier molecular flexibility index (Phi) is 4.33. The summed E-state index contributed by atoms with van der Waals surface area (Å²) in [5.41, 5.74) is 2.27. The van der Waals surface area contributed by atoms with Crippen LogP contribution in [-0.2, 0) is 0 Å². The van der Waals surface area contributed by atoms with Gasteiger partial charge in [0, 0.05) is 31.5 Å². The van der Waals surface area contributed by atoms with Gasteiger partial charge in [-0.3, -0.25) is 0 Å². The summed E-state index contributed by atoms with van der Waals surface area (Å²) in [6, 6.07) is 4.33. The van der Waals surface area contributed by atoms with E-state index in [9.17, 15) is 5.26 Å². The molecule has 3 heterocycles. The predicted octanol–water partition coefficient (Wildman–Crippen LogP) is 1.84. The van der Waals surface area contributed by atoms with Crippen LogP contribution < -0.4 is 10.2 Å². The van der Waals surface area contributed by atoms with Gasteiger partial charge in [-0.1, -0.05) is 0 Å².